The van der Waals surface area contributed by atoms with E-state index in [4.69, 9.17) is 21.1 Å². The number of amides is 2. The molecule has 2 aromatic rings. The topological polar surface area (TPSA) is 102 Å². The van der Waals surface area contributed by atoms with E-state index in [9.17, 15) is 19.7 Å². The number of nitrogens with zero attached hydrogens (tertiary/aromatic N) is 3. The van der Waals surface area contributed by atoms with Gasteiger partial charge in [-0.05, 0) is 23.8 Å². The summed E-state index contributed by atoms with van der Waals surface area (Å²) in [7, 11) is 4.62. The van der Waals surface area contributed by atoms with Gasteiger partial charge in [-0.15, -0.1) is 0 Å². The number of nitro benzene ring substituents is 1. The molecule has 164 valence electrons. The van der Waals surface area contributed by atoms with Crippen LogP contribution in [0.3, 0.4) is 0 Å². The van der Waals surface area contributed by atoms with E-state index in [1.165, 1.54) is 42.2 Å². The molecule has 2 aromatic carbocycles. The van der Waals surface area contributed by atoms with Crippen molar-refractivity contribution in [1.82, 2.24) is 4.90 Å². The van der Waals surface area contributed by atoms with Gasteiger partial charge in [0.25, 0.3) is 5.69 Å². The van der Waals surface area contributed by atoms with Crippen molar-refractivity contribution in [2.45, 2.75) is 13.0 Å². The molecule has 0 radical (unpaired) electrons. The van der Waals surface area contributed by atoms with Gasteiger partial charge in [0.2, 0.25) is 11.8 Å². The second-order valence-corrected chi connectivity index (χ2v) is 7.58. The summed E-state index contributed by atoms with van der Waals surface area (Å²) < 4.78 is 10.6. The Labute approximate surface area is 184 Å². The Morgan fingerprint density at radius 2 is 2.00 bits per heavy atom. The lowest BCUT2D eigenvalue weighted by Crippen LogP contribution is -2.34. The van der Waals surface area contributed by atoms with Gasteiger partial charge in [0.05, 0.1) is 30.7 Å². The van der Waals surface area contributed by atoms with Crippen LogP contribution in [0, 0.1) is 16.0 Å². The third kappa shape index (κ3) is 4.72. The Morgan fingerprint density at radius 1 is 1.26 bits per heavy atom. The summed E-state index contributed by atoms with van der Waals surface area (Å²) in [6.45, 7) is 0.295. The molecule has 10 heteroatoms. The summed E-state index contributed by atoms with van der Waals surface area (Å²) in [5, 5.41) is 11.3. The van der Waals surface area contributed by atoms with E-state index in [0.717, 1.165) is 0 Å². The zero-order valence-corrected chi connectivity index (χ0v) is 18.1. The van der Waals surface area contributed by atoms with Gasteiger partial charge in [0, 0.05) is 49.8 Å². The van der Waals surface area contributed by atoms with Crippen molar-refractivity contribution in [2.75, 3.05) is 32.7 Å². The quantitative estimate of drug-likeness (QED) is 0.476. The number of non-ortho nitro benzene ring substituents is 1. The van der Waals surface area contributed by atoms with Crippen LogP contribution in [0.25, 0.3) is 0 Å². The van der Waals surface area contributed by atoms with E-state index in [-0.39, 0.29) is 37.0 Å². The number of methoxy groups -OCH3 is 2. The molecular formula is C21H22ClN3O6. The van der Waals surface area contributed by atoms with Gasteiger partial charge < -0.3 is 19.3 Å². The fraction of sp³-hybridized carbons (Fsp3) is 0.333. The van der Waals surface area contributed by atoms with Gasteiger partial charge in [-0.3, -0.25) is 19.7 Å². The lowest BCUT2D eigenvalue weighted by molar-refractivity contribution is -0.384. The number of halogens is 1. The van der Waals surface area contributed by atoms with Crippen LogP contribution in [0.5, 0.6) is 11.5 Å². The van der Waals surface area contributed by atoms with Gasteiger partial charge >= 0.3 is 0 Å². The SMILES string of the molecule is COc1ccc(N2C[C@@H](C(=O)N(C)Cc3cc([N+](=O)[O-])ccc3Cl)CC2=O)c(OC)c1. The van der Waals surface area contributed by atoms with Crippen LogP contribution < -0.4 is 14.4 Å². The number of benzene rings is 2. The molecule has 0 unspecified atom stereocenters. The summed E-state index contributed by atoms with van der Waals surface area (Å²) in [4.78, 5) is 39.1. The highest BCUT2D eigenvalue weighted by molar-refractivity contribution is 6.31. The van der Waals surface area contributed by atoms with Crippen molar-refractivity contribution in [3.63, 3.8) is 0 Å². The van der Waals surface area contributed by atoms with Crippen molar-refractivity contribution in [2.24, 2.45) is 5.92 Å². The molecule has 31 heavy (non-hydrogen) atoms. The smallest absolute Gasteiger partial charge is 0.269 e. The number of anilines is 1. The van der Waals surface area contributed by atoms with Gasteiger partial charge in [-0.25, -0.2) is 0 Å². The predicted molar refractivity (Wildman–Crippen MR) is 115 cm³/mol. The molecule has 0 aliphatic carbocycles. The maximum Gasteiger partial charge on any atom is 0.269 e. The van der Waals surface area contributed by atoms with Crippen molar-refractivity contribution in [3.8, 4) is 11.5 Å². The van der Waals surface area contributed by atoms with E-state index in [2.05, 4.69) is 0 Å². The standard InChI is InChI=1S/C21H22ClN3O6/c1-23(11-13-8-15(25(28)29)4-6-17(13)22)21(27)14-9-20(26)24(12-14)18-7-5-16(30-2)10-19(18)31-3/h4-8,10,14H,9,11-12H2,1-3H3/t14-/m0/s1. The average molecular weight is 448 g/mol. The lowest BCUT2D eigenvalue weighted by Gasteiger charge is -2.23. The Balaban J connectivity index is 1.75. The molecule has 1 saturated heterocycles. The molecule has 3 rings (SSSR count). The van der Waals surface area contributed by atoms with Crippen LogP contribution in [0.15, 0.2) is 36.4 Å². The lowest BCUT2D eigenvalue weighted by atomic mass is 10.1. The number of carbonyl (C=O) groups excluding carboxylic acids is 2. The maximum atomic E-state index is 13.0. The van der Waals surface area contributed by atoms with Crippen molar-refractivity contribution in [1.29, 1.82) is 0 Å². The summed E-state index contributed by atoms with van der Waals surface area (Å²) >= 11 is 6.15. The van der Waals surface area contributed by atoms with Gasteiger partial charge in [0.1, 0.15) is 11.5 Å². The van der Waals surface area contributed by atoms with Crippen molar-refractivity contribution in [3.05, 3.63) is 57.1 Å². The zero-order valence-electron chi connectivity index (χ0n) is 17.3. The van der Waals surface area contributed by atoms with Crippen LogP contribution in [0.1, 0.15) is 12.0 Å². The minimum Gasteiger partial charge on any atom is -0.497 e. The van der Waals surface area contributed by atoms with E-state index >= 15 is 0 Å². The number of hydrogen-bond donors (Lipinski definition) is 0. The highest BCUT2D eigenvalue weighted by Gasteiger charge is 2.37. The molecule has 0 aromatic heterocycles. The number of ether oxygens (including phenoxy) is 2. The minimum atomic E-state index is -0.554. The number of hydrogen-bond acceptors (Lipinski definition) is 6. The average Bonchev–Trinajstić information content (AvgIpc) is 3.15. The first-order valence-corrected chi connectivity index (χ1v) is 9.83. The molecule has 1 fully saturated rings. The summed E-state index contributed by atoms with van der Waals surface area (Å²) in [6.07, 6.45) is 0.0566. The fourth-order valence-electron chi connectivity index (χ4n) is 3.55. The summed E-state index contributed by atoms with van der Waals surface area (Å²) in [6, 6.07) is 9.20. The Kier molecular flexibility index (Phi) is 6.65. The van der Waals surface area contributed by atoms with E-state index < -0.39 is 10.8 Å². The highest BCUT2D eigenvalue weighted by atomic mass is 35.5. The molecule has 1 aliphatic heterocycles. The highest BCUT2D eigenvalue weighted by Crippen LogP contribution is 2.36. The van der Waals surface area contributed by atoms with E-state index in [1.54, 1.807) is 25.2 Å². The van der Waals surface area contributed by atoms with Gasteiger partial charge in [-0.2, -0.15) is 0 Å². The fourth-order valence-corrected chi connectivity index (χ4v) is 3.73. The summed E-state index contributed by atoms with van der Waals surface area (Å²) in [5.41, 5.74) is 0.923. The van der Waals surface area contributed by atoms with Gasteiger partial charge in [0.15, 0.2) is 0 Å². The second-order valence-electron chi connectivity index (χ2n) is 7.17. The molecular weight excluding hydrogens is 426 g/mol. The Hall–Kier alpha value is -3.33. The zero-order chi connectivity index (χ0) is 22.7. The predicted octanol–water partition coefficient (Wildman–Crippen LogP) is 3.28. The van der Waals surface area contributed by atoms with Crippen molar-refractivity contribution >= 4 is 34.8 Å². The van der Waals surface area contributed by atoms with Crippen LogP contribution in [0.4, 0.5) is 11.4 Å². The first-order chi connectivity index (χ1) is 14.7. The summed E-state index contributed by atoms with van der Waals surface area (Å²) in [5.74, 6) is 0.0715. The molecule has 2 amide bonds. The minimum absolute atomic E-state index is 0.0566. The molecule has 1 atom stereocenters. The molecule has 1 aliphatic rings. The molecule has 0 bridgehead atoms. The van der Waals surface area contributed by atoms with Crippen LogP contribution in [-0.4, -0.2) is 49.4 Å². The molecule has 0 spiro atoms. The monoisotopic (exact) mass is 447 g/mol. The molecule has 9 nitrogen and oxygen atoms in total. The van der Waals surface area contributed by atoms with Crippen LogP contribution in [0.2, 0.25) is 5.02 Å². The number of nitro groups is 1. The maximum absolute atomic E-state index is 13.0. The Morgan fingerprint density at radius 3 is 2.65 bits per heavy atom. The third-order valence-corrected chi connectivity index (χ3v) is 5.54. The van der Waals surface area contributed by atoms with Gasteiger partial charge in [-0.1, -0.05) is 11.6 Å². The molecule has 0 saturated carbocycles. The van der Waals surface area contributed by atoms with E-state index in [1.807, 2.05) is 0 Å². The third-order valence-electron chi connectivity index (χ3n) is 5.18. The Bertz CT molecular complexity index is 1030. The van der Waals surface area contributed by atoms with Crippen LogP contribution in [-0.2, 0) is 16.1 Å². The first-order valence-electron chi connectivity index (χ1n) is 9.45. The van der Waals surface area contributed by atoms with Crippen molar-refractivity contribution < 1.29 is 24.0 Å². The van der Waals surface area contributed by atoms with E-state index in [0.29, 0.717) is 27.8 Å². The molecule has 1 heterocycles. The first kappa shape index (κ1) is 22.4. The number of carbonyl (C=O) groups is 2. The molecule has 0 N–H and O–H groups in total. The number of rotatable bonds is 7. The second kappa shape index (κ2) is 9.22. The van der Waals surface area contributed by atoms with Crippen LogP contribution >= 0.6 is 11.6 Å². The largest absolute Gasteiger partial charge is 0.497 e. The normalized spacial score (nSPS) is 15.7.